The van der Waals surface area contributed by atoms with Crippen LogP contribution in [0.2, 0.25) is 0 Å². The Hall–Kier alpha value is -2.22. The van der Waals surface area contributed by atoms with E-state index in [2.05, 4.69) is 29.3 Å². The van der Waals surface area contributed by atoms with Crippen LogP contribution in [0.25, 0.3) is 0 Å². The SMILES string of the molecule is CCC(CNC(=O)c1cc(S(=O)(=O)N2CCN(C)CC2)ccc1C)Cc1ccccc1. The van der Waals surface area contributed by atoms with Gasteiger partial charge in [-0.1, -0.05) is 49.7 Å². The van der Waals surface area contributed by atoms with Crippen LogP contribution in [0.15, 0.2) is 53.4 Å². The fourth-order valence-electron chi connectivity index (χ4n) is 3.82. The first-order valence-corrected chi connectivity index (χ1v) is 12.4. The zero-order valence-electron chi connectivity index (χ0n) is 18.7. The number of carbonyl (C=O) groups is 1. The van der Waals surface area contributed by atoms with Crippen molar-refractivity contribution in [1.82, 2.24) is 14.5 Å². The topological polar surface area (TPSA) is 69.7 Å². The van der Waals surface area contributed by atoms with Crippen LogP contribution in [-0.2, 0) is 16.4 Å². The van der Waals surface area contributed by atoms with Crippen molar-refractivity contribution < 1.29 is 13.2 Å². The standard InChI is InChI=1S/C24H33N3O3S/c1-4-20(16-21-8-6-5-7-9-21)18-25-24(28)23-17-22(11-10-19(23)2)31(29,30)27-14-12-26(3)13-15-27/h5-11,17,20H,4,12-16,18H2,1-3H3,(H,25,28). The number of sulfonamides is 1. The van der Waals surface area contributed by atoms with E-state index in [-0.39, 0.29) is 10.8 Å². The van der Waals surface area contributed by atoms with Gasteiger partial charge in [-0.05, 0) is 49.6 Å². The number of hydrogen-bond acceptors (Lipinski definition) is 4. The van der Waals surface area contributed by atoms with Gasteiger partial charge in [0.05, 0.1) is 4.90 Å². The number of hydrogen-bond donors (Lipinski definition) is 1. The Morgan fingerprint density at radius 2 is 1.74 bits per heavy atom. The lowest BCUT2D eigenvalue weighted by Crippen LogP contribution is -2.47. The minimum Gasteiger partial charge on any atom is -0.352 e. The molecular weight excluding hydrogens is 410 g/mol. The molecule has 1 heterocycles. The molecule has 0 saturated carbocycles. The maximum Gasteiger partial charge on any atom is 0.251 e. The average molecular weight is 444 g/mol. The van der Waals surface area contributed by atoms with Crippen LogP contribution < -0.4 is 5.32 Å². The first kappa shape index (κ1) is 23.4. The van der Waals surface area contributed by atoms with Gasteiger partial charge in [0.1, 0.15) is 0 Å². The van der Waals surface area contributed by atoms with Crippen molar-refractivity contribution in [2.75, 3.05) is 39.8 Å². The van der Waals surface area contributed by atoms with E-state index >= 15 is 0 Å². The zero-order chi connectivity index (χ0) is 22.4. The number of amides is 1. The molecule has 1 atom stereocenters. The molecule has 1 unspecified atom stereocenters. The maximum absolute atomic E-state index is 13.1. The molecular formula is C24H33N3O3S. The summed E-state index contributed by atoms with van der Waals surface area (Å²) in [5.74, 6) is 0.100. The predicted octanol–water partition coefficient (Wildman–Crippen LogP) is 2.93. The van der Waals surface area contributed by atoms with E-state index in [1.54, 1.807) is 12.1 Å². The van der Waals surface area contributed by atoms with Gasteiger partial charge in [0, 0.05) is 38.3 Å². The second kappa shape index (κ2) is 10.4. The summed E-state index contributed by atoms with van der Waals surface area (Å²) in [6.07, 6.45) is 1.85. The largest absolute Gasteiger partial charge is 0.352 e. The maximum atomic E-state index is 13.1. The van der Waals surface area contributed by atoms with Crippen molar-refractivity contribution in [2.24, 2.45) is 5.92 Å². The summed E-state index contributed by atoms with van der Waals surface area (Å²) in [7, 11) is -1.62. The third kappa shape index (κ3) is 5.93. The van der Waals surface area contributed by atoms with E-state index in [0.29, 0.717) is 44.2 Å². The summed E-state index contributed by atoms with van der Waals surface area (Å²) in [6.45, 7) is 6.85. The number of likely N-dealkylation sites (N-methyl/N-ethyl adjacent to an activating group) is 1. The van der Waals surface area contributed by atoms with E-state index in [4.69, 9.17) is 0 Å². The van der Waals surface area contributed by atoms with E-state index in [0.717, 1.165) is 18.4 Å². The predicted molar refractivity (Wildman–Crippen MR) is 124 cm³/mol. The van der Waals surface area contributed by atoms with Gasteiger partial charge in [0.25, 0.3) is 5.91 Å². The summed E-state index contributed by atoms with van der Waals surface area (Å²) >= 11 is 0. The van der Waals surface area contributed by atoms with Crippen LogP contribution in [0, 0.1) is 12.8 Å². The third-order valence-corrected chi connectivity index (χ3v) is 7.94. The van der Waals surface area contributed by atoms with Crippen molar-refractivity contribution in [3.8, 4) is 0 Å². The van der Waals surface area contributed by atoms with E-state index in [1.807, 2.05) is 32.2 Å². The third-order valence-electron chi connectivity index (χ3n) is 6.05. The Labute approximate surface area is 186 Å². The molecule has 0 aromatic heterocycles. The normalized spacial score (nSPS) is 16.7. The molecule has 2 aromatic rings. The second-order valence-corrected chi connectivity index (χ2v) is 10.3. The monoisotopic (exact) mass is 443 g/mol. The lowest BCUT2D eigenvalue weighted by atomic mass is 9.96. The molecule has 0 spiro atoms. The lowest BCUT2D eigenvalue weighted by molar-refractivity contribution is 0.0946. The molecule has 1 fully saturated rings. The Morgan fingerprint density at radius 1 is 1.06 bits per heavy atom. The van der Waals surface area contributed by atoms with Gasteiger partial charge in [0.2, 0.25) is 10.0 Å². The molecule has 31 heavy (non-hydrogen) atoms. The smallest absolute Gasteiger partial charge is 0.251 e. The summed E-state index contributed by atoms with van der Waals surface area (Å²) in [5, 5.41) is 3.02. The number of benzene rings is 2. The highest BCUT2D eigenvalue weighted by atomic mass is 32.2. The second-order valence-electron chi connectivity index (χ2n) is 8.36. The summed E-state index contributed by atoms with van der Waals surface area (Å²) in [6, 6.07) is 15.1. The van der Waals surface area contributed by atoms with Gasteiger partial charge in [0.15, 0.2) is 0 Å². The number of nitrogens with zero attached hydrogens (tertiary/aromatic N) is 2. The molecule has 1 amide bonds. The number of rotatable bonds is 8. The van der Waals surface area contributed by atoms with Crippen LogP contribution in [-0.4, -0.2) is 63.3 Å². The van der Waals surface area contributed by atoms with Crippen molar-refractivity contribution in [2.45, 2.75) is 31.6 Å². The average Bonchev–Trinajstić information content (AvgIpc) is 2.77. The molecule has 7 heteroatoms. The van der Waals surface area contributed by atoms with Gasteiger partial charge < -0.3 is 10.2 Å². The van der Waals surface area contributed by atoms with E-state index in [1.165, 1.54) is 15.9 Å². The number of nitrogens with one attached hydrogen (secondary N) is 1. The number of piperazine rings is 1. The molecule has 6 nitrogen and oxygen atoms in total. The van der Waals surface area contributed by atoms with Gasteiger partial charge in [-0.2, -0.15) is 4.31 Å². The number of carbonyl (C=O) groups excluding carboxylic acids is 1. The van der Waals surface area contributed by atoms with Gasteiger partial charge in [-0.3, -0.25) is 4.79 Å². The van der Waals surface area contributed by atoms with Crippen LogP contribution in [0.1, 0.15) is 34.8 Å². The summed E-state index contributed by atoms with van der Waals surface area (Å²) in [5.41, 5.74) is 2.44. The van der Waals surface area contributed by atoms with E-state index < -0.39 is 10.0 Å². The van der Waals surface area contributed by atoms with Gasteiger partial charge in [-0.25, -0.2) is 8.42 Å². The molecule has 1 aliphatic rings. The van der Waals surface area contributed by atoms with Crippen molar-refractivity contribution in [3.05, 3.63) is 65.2 Å². The minimum absolute atomic E-state index is 0.184. The van der Waals surface area contributed by atoms with Gasteiger partial charge >= 0.3 is 0 Å². The van der Waals surface area contributed by atoms with Crippen LogP contribution >= 0.6 is 0 Å². The highest BCUT2D eigenvalue weighted by molar-refractivity contribution is 7.89. The van der Waals surface area contributed by atoms with Gasteiger partial charge in [-0.15, -0.1) is 0 Å². The van der Waals surface area contributed by atoms with Crippen molar-refractivity contribution in [3.63, 3.8) is 0 Å². The molecule has 1 N–H and O–H groups in total. The lowest BCUT2D eigenvalue weighted by Gasteiger charge is -2.31. The highest BCUT2D eigenvalue weighted by Gasteiger charge is 2.28. The Kier molecular flexibility index (Phi) is 7.86. The molecule has 0 aliphatic carbocycles. The number of aryl methyl sites for hydroxylation is 1. The zero-order valence-corrected chi connectivity index (χ0v) is 19.5. The Bertz CT molecular complexity index is 984. The Balaban J connectivity index is 1.69. The minimum atomic E-state index is -3.61. The molecule has 0 bridgehead atoms. The fraction of sp³-hybridized carbons (Fsp3) is 0.458. The molecule has 168 valence electrons. The quantitative estimate of drug-likeness (QED) is 0.681. The first-order chi connectivity index (χ1) is 14.8. The fourth-order valence-corrected chi connectivity index (χ4v) is 5.27. The molecule has 3 rings (SSSR count). The van der Waals surface area contributed by atoms with Crippen LogP contribution in [0.3, 0.4) is 0 Å². The molecule has 1 saturated heterocycles. The molecule has 1 aliphatic heterocycles. The van der Waals surface area contributed by atoms with E-state index in [9.17, 15) is 13.2 Å². The summed E-state index contributed by atoms with van der Waals surface area (Å²) in [4.78, 5) is 15.2. The Morgan fingerprint density at radius 3 is 2.39 bits per heavy atom. The summed E-state index contributed by atoms with van der Waals surface area (Å²) < 4.78 is 27.6. The van der Waals surface area contributed by atoms with Crippen molar-refractivity contribution >= 4 is 15.9 Å². The highest BCUT2D eigenvalue weighted by Crippen LogP contribution is 2.21. The van der Waals surface area contributed by atoms with Crippen molar-refractivity contribution in [1.29, 1.82) is 0 Å². The molecule has 0 radical (unpaired) electrons. The first-order valence-electron chi connectivity index (χ1n) is 10.9. The van der Waals surface area contributed by atoms with Crippen LogP contribution in [0.5, 0.6) is 0 Å². The van der Waals surface area contributed by atoms with Crippen LogP contribution in [0.4, 0.5) is 0 Å². The molecule has 2 aromatic carbocycles.